The van der Waals surface area contributed by atoms with Crippen LogP contribution in [-0.2, 0) is 0 Å². The fraction of sp³-hybridized carbons (Fsp3) is 0.500. The van der Waals surface area contributed by atoms with Gasteiger partial charge in [-0.05, 0) is 12.8 Å². The molecule has 1 aromatic heterocycles. The molecule has 0 amide bonds. The molecule has 1 saturated heterocycles. The molecule has 0 spiro atoms. The Morgan fingerprint density at radius 2 is 1.93 bits per heavy atom. The zero-order valence-corrected chi connectivity index (χ0v) is 7.66. The summed E-state index contributed by atoms with van der Waals surface area (Å²) in [6, 6.07) is 0. The van der Waals surface area contributed by atoms with E-state index in [1.54, 1.807) is 0 Å². The van der Waals surface area contributed by atoms with E-state index in [1.165, 1.54) is 6.20 Å². The molecule has 1 fully saturated rings. The van der Waals surface area contributed by atoms with E-state index in [0.29, 0.717) is 5.82 Å². The van der Waals surface area contributed by atoms with Gasteiger partial charge in [-0.15, -0.1) is 0 Å². The van der Waals surface area contributed by atoms with Crippen molar-refractivity contribution in [3.8, 4) is 0 Å². The molecule has 3 nitrogen and oxygen atoms in total. The van der Waals surface area contributed by atoms with Crippen LogP contribution in [0.2, 0.25) is 0 Å². The second-order valence-corrected chi connectivity index (χ2v) is 3.30. The molecule has 0 N–H and O–H groups in total. The number of anilines is 1. The van der Waals surface area contributed by atoms with Crippen molar-refractivity contribution in [3.63, 3.8) is 0 Å². The molecule has 14 heavy (non-hydrogen) atoms. The first-order chi connectivity index (χ1) is 6.77. The smallest absolute Gasteiger partial charge is 0.355 e. The van der Waals surface area contributed by atoms with Crippen LogP contribution in [0.15, 0.2) is 12.4 Å². The third kappa shape index (κ3) is 1.83. The Morgan fingerprint density at radius 3 is 2.57 bits per heavy atom. The van der Waals surface area contributed by atoms with Gasteiger partial charge in [0.25, 0.3) is 0 Å². The van der Waals surface area contributed by atoms with Crippen LogP contribution in [0, 0.1) is 0 Å². The highest BCUT2D eigenvalue weighted by atomic mass is 19.2. The Morgan fingerprint density at radius 1 is 1.21 bits per heavy atom. The SMILES string of the molecule is FB(F)c1cncc(N2CCCC2)n1. The van der Waals surface area contributed by atoms with E-state index in [-0.39, 0.29) is 5.59 Å². The predicted molar refractivity (Wildman–Crippen MR) is 51.1 cm³/mol. The van der Waals surface area contributed by atoms with Crippen LogP contribution in [0.4, 0.5) is 14.4 Å². The Hall–Kier alpha value is -1.20. The lowest BCUT2D eigenvalue weighted by atomic mass is 9.94. The molecule has 0 bridgehead atoms. The van der Waals surface area contributed by atoms with E-state index in [9.17, 15) is 8.63 Å². The Bertz CT molecular complexity index is 315. The summed E-state index contributed by atoms with van der Waals surface area (Å²) >= 11 is 0. The maximum absolute atomic E-state index is 12.3. The second kappa shape index (κ2) is 3.90. The fourth-order valence-electron chi connectivity index (χ4n) is 1.57. The quantitative estimate of drug-likeness (QED) is 0.653. The van der Waals surface area contributed by atoms with Gasteiger partial charge in [0.05, 0.1) is 6.20 Å². The molecule has 0 atom stereocenters. The molecular formula is C8H10BF2N3. The number of hydrogen-bond acceptors (Lipinski definition) is 3. The number of halogens is 2. The summed E-state index contributed by atoms with van der Waals surface area (Å²) in [5.41, 5.74) is -0.241. The van der Waals surface area contributed by atoms with Crippen LogP contribution >= 0.6 is 0 Å². The van der Waals surface area contributed by atoms with E-state index >= 15 is 0 Å². The number of nitrogens with zero attached hydrogens (tertiary/aromatic N) is 3. The van der Waals surface area contributed by atoms with Crippen LogP contribution < -0.4 is 10.5 Å². The summed E-state index contributed by atoms with van der Waals surface area (Å²) in [5, 5.41) is 0. The molecule has 1 aliphatic heterocycles. The Balaban J connectivity index is 2.21. The average Bonchev–Trinajstić information content (AvgIpc) is 2.71. The van der Waals surface area contributed by atoms with Gasteiger partial charge in [-0.25, -0.2) is 4.98 Å². The predicted octanol–water partition coefficient (Wildman–Crippen LogP) is 0.711. The van der Waals surface area contributed by atoms with Gasteiger partial charge < -0.3 is 4.90 Å². The van der Waals surface area contributed by atoms with E-state index < -0.39 is 7.27 Å². The third-order valence-corrected chi connectivity index (χ3v) is 2.29. The van der Waals surface area contributed by atoms with Crippen molar-refractivity contribution in [1.82, 2.24) is 9.97 Å². The topological polar surface area (TPSA) is 29.0 Å². The molecule has 1 aliphatic rings. The lowest BCUT2D eigenvalue weighted by molar-refractivity contribution is 0.681. The molecule has 1 aromatic rings. The van der Waals surface area contributed by atoms with Crippen LogP contribution in [0.5, 0.6) is 0 Å². The zero-order chi connectivity index (χ0) is 9.97. The van der Waals surface area contributed by atoms with Crippen LogP contribution in [0.1, 0.15) is 12.8 Å². The van der Waals surface area contributed by atoms with Gasteiger partial charge in [-0.1, -0.05) is 0 Å². The monoisotopic (exact) mass is 197 g/mol. The van der Waals surface area contributed by atoms with E-state index in [4.69, 9.17) is 0 Å². The van der Waals surface area contributed by atoms with Crippen molar-refractivity contribution in [2.45, 2.75) is 12.8 Å². The lowest BCUT2D eigenvalue weighted by Gasteiger charge is -2.15. The van der Waals surface area contributed by atoms with Gasteiger partial charge in [0, 0.05) is 19.3 Å². The van der Waals surface area contributed by atoms with Crippen molar-refractivity contribution < 1.29 is 8.63 Å². The molecular weight excluding hydrogens is 187 g/mol. The molecule has 6 heteroatoms. The summed E-state index contributed by atoms with van der Waals surface area (Å²) in [7, 11) is -2.54. The van der Waals surface area contributed by atoms with Crippen molar-refractivity contribution >= 4 is 18.7 Å². The molecule has 0 unspecified atom stereocenters. The van der Waals surface area contributed by atoms with Gasteiger partial charge in [0.15, 0.2) is 0 Å². The Kier molecular flexibility index (Phi) is 2.61. The minimum atomic E-state index is -2.54. The lowest BCUT2D eigenvalue weighted by Crippen LogP contribution is -2.28. The standard InChI is InChI=1S/C8H10BF2N3/c10-9(11)7-5-12-6-8(13-7)14-3-1-2-4-14/h5-6H,1-4H2. The molecule has 74 valence electrons. The maximum Gasteiger partial charge on any atom is 0.592 e. The highest BCUT2D eigenvalue weighted by Gasteiger charge is 2.21. The van der Waals surface area contributed by atoms with Gasteiger partial charge in [0.1, 0.15) is 11.4 Å². The Labute approximate surface area is 81.3 Å². The van der Waals surface area contributed by atoms with Crippen LogP contribution in [0.3, 0.4) is 0 Å². The first-order valence-corrected chi connectivity index (χ1v) is 4.62. The summed E-state index contributed by atoms with van der Waals surface area (Å²) in [4.78, 5) is 9.62. The first-order valence-electron chi connectivity index (χ1n) is 4.62. The summed E-state index contributed by atoms with van der Waals surface area (Å²) < 4.78 is 24.6. The normalized spacial score (nSPS) is 16.0. The molecule has 0 radical (unpaired) electrons. The van der Waals surface area contributed by atoms with Gasteiger partial charge in [-0.3, -0.25) is 13.6 Å². The molecule has 0 aliphatic carbocycles. The van der Waals surface area contributed by atoms with Crippen LogP contribution in [-0.4, -0.2) is 30.3 Å². The van der Waals surface area contributed by atoms with Crippen molar-refractivity contribution in [2.24, 2.45) is 0 Å². The minimum Gasteiger partial charge on any atom is -0.355 e. The highest BCUT2D eigenvalue weighted by molar-refractivity contribution is 6.58. The van der Waals surface area contributed by atoms with E-state index in [1.807, 2.05) is 4.90 Å². The molecule has 0 saturated carbocycles. The summed E-state index contributed by atoms with van der Waals surface area (Å²) in [5.74, 6) is 0.570. The largest absolute Gasteiger partial charge is 0.592 e. The van der Waals surface area contributed by atoms with Gasteiger partial charge in [0.2, 0.25) is 0 Å². The van der Waals surface area contributed by atoms with Crippen molar-refractivity contribution in [1.29, 1.82) is 0 Å². The third-order valence-electron chi connectivity index (χ3n) is 2.29. The van der Waals surface area contributed by atoms with Crippen molar-refractivity contribution in [2.75, 3.05) is 18.0 Å². The first kappa shape index (κ1) is 9.36. The average molecular weight is 197 g/mol. The number of aromatic nitrogens is 2. The molecule has 0 aromatic carbocycles. The summed E-state index contributed by atoms with van der Waals surface area (Å²) in [6.07, 6.45) is 4.85. The fourth-order valence-corrected chi connectivity index (χ4v) is 1.57. The molecule has 2 heterocycles. The highest BCUT2D eigenvalue weighted by Crippen LogP contribution is 2.15. The van der Waals surface area contributed by atoms with Crippen molar-refractivity contribution in [3.05, 3.63) is 12.4 Å². The maximum atomic E-state index is 12.3. The number of hydrogen-bond donors (Lipinski definition) is 0. The van der Waals surface area contributed by atoms with Crippen LogP contribution in [0.25, 0.3) is 0 Å². The van der Waals surface area contributed by atoms with E-state index in [0.717, 1.165) is 32.1 Å². The minimum absolute atomic E-state index is 0.241. The number of rotatable bonds is 2. The van der Waals surface area contributed by atoms with Gasteiger partial charge in [-0.2, -0.15) is 0 Å². The molecule has 2 rings (SSSR count). The zero-order valence-electron chi connectivity index (χ0n) is 7.66. The van der Waals surface area contributed by atoms with Gasteiger partial charge >= 0.3 is 7.27 Å². The summed E-state index contributed by atoms with van der Waals surface area (Å²) in [6.45, 7) is 1.78. The second-order valence-electron chi connectivity index (χ2n) is 3.30. The van der Waals surface area contributed by atoms with E-state index in [2.05, 4.69) is 9.97 Å².